The van der Waals surface area contributed by atoms with Crippen molar-refractivity contribution < 1.29 is 9.84 Å². The number of rotatable bonds is 4. The third kappa shape index (κ3) is 3.86. The minimum atomic E-state index is -1.00. The molecule has 2 nitrogen and oxygen atoms in total. The highest BCUT2D eigenvalue weighted by atomic mass is 79.9. The summed E-state index contributed by atoms with van der Waals surface area (Å²) in [6, 6.07) is 21.8. The lowest BCUT2D eigenvalue weighted by Crippen LogP contribution is -2.07. The van der Waals surface area contributed by atoms with Crippen LogP contribution in [0.4, 0.5) is 0 Å². The molecule has 0 spiro atoms. The van der Waals surface area contributed by atoms with Crippen LogP contribution in [-0.2, 0) is 0 Å². The molecule has 3 rings (SSSR count). The molecule has 122 valence electrons. The minimum Gasteiger partial charge on any atom is -0.461 e. The molecule has 0 radical (unpaired) electrons. The molecule has 0 fully saturated rings. The number of aliphatic hydroxyl groups is 1. The van der Waals surface area contributed by atoms with E-state index in [0.29, 0.717) is 5.75 Å². The summed E-state index contributed by atoms with van der Waals surface area (Å²) in [7, 11) is 0. The molecule has 0 aliphatic carbocycles. The molecule has 0 bridgehead atoms. The van der Waals surface area contributed by atoms with Crippen LogP contribution in [0.15, 0.2) is 71.2 Å². The predicted octanol–water partition coefficient (Wildman–Crippen LogP) is 5.80. The van der Waals surface area contributed by atoms with Crippen LogP contribution in [0.25, 0.3) is 11.1 Å². The van der Waals surface area contributed by atoms with Gasteiger partial charge in [-0.05, 0) is 54.8 Å². The summed E-state index contributed by atoms with van der Waals surface area (Å²) in [4.78, 5) is 0. The smallest absolute Gasteiger partial charge is 0.224 e. The Hall–Kier alpha value is -2.10. The molecule has 0 aromatic heterocycles. The number of ether oxygens (including phenoxy) is 1. The molecule has 1 unspecified atom stereocenters. The number of aryl methyl sites for hydroxylation is 2. The van der Waals surface area contributed by atoms with E-state index in [1.807, 2.05) is 55.5 Å². The average Bonchev–Trinajstić information content (AvgIpc) is 2.57. The number of hydrogen-bond donors (Lipinski definition) is 1. The van der Waals surface area contributed by atoms with Crippen molar-refractivity contribution in [3.05, 3.63) is 87.9 Å². The van der Waals surface area contributed by atoms with Gasteiger partial charge in [-0.15, -0.1) is 0 Å². The topological polar surface area (TPSA) is 29.5 Å². The maximum atomic E-state index is 10.5. The largest absolute Gasteiger partial charge is 0.461 e. The monoisotopic (exact) mass is 382 g/mol. The molecule has 24 heavy (non-hydrogen) atoms. The Morgan fingerprint density at radius 1 is 0.875 bits per heavy atom. The Labute approximate surface area is 150 Å². The van der Waals surface area contributed by atoms with Crippen molar-refractivity contribution in [2.24, 2.45) is 0 Å². The van der Waals surface area contributed by atoms with Gasteiger partial charge in [0.1, 0.15) is 5.75 Å². The Morgan fingerprint density at radius 3 is 2.29 bits per heavy atom. The molecule has 0 aliphatic rings. The van der Waals surface area contributed by atoms with E-state index in [2.05, 4.69) is 41.1 Å². The van der Waals surface area contributed by atoms with E-state index in [1.54, 1.807) is 0 Å². The Bertz CT molecular complexity index is 858. The second-order valence-electron chi connectivity index (χ2n) is 5.87. The molecule has 0 heterocycles. The van der Waals surface area contributed by atoms with Crippen LogP contribution in [0.1, 0.15) is 23.0 Å². The molecule has 3 aromatic rings. The van der Waals surface area contributed by atoms with E-state index >= 15 is 0 Å². The Kier molecular flexibility index (Phi) is 5.03. The van der Waals surface area contributed by atoms with Gasteiger partial charge in [-0.25, -0.2) is 0 Å². The zero-order chi connectivity index (χ0) is 17.1. The number of aliphatic hydroxyl groups excluding tert-OH is 1. The van der Waals surface area contributed by atoms with Crippen molar-refractivity contribution in [3.63, 3.8) is 0 Å². The third-order valence-corrected chi connectivity index (χ3v) is 4.39. The highest BCUT2D eigenvalue weighted by molar-refractivity contribution is 9.10. The third-order valence-electron chi connectivity index (χ3n) is 3.90. The summed E-state index contributed by atoms with van der Waals surface area (Å²) < 4.78 is 6.72. The summed E-state index contributed by atoms with van der Waals surface area (Å²) in [5.41, 5.74) is 5.10. The maximum absolute atomic E-state index is 10.5. The highest BCUT2D eigenvalue weighted by Gasteiger charge is 2.12. The van der Waals surface area contributed by atoms with Crippen LogP contribution in [0.3, 0.4) is 0 Å². The van der Waals surface area contributed by atoms with E-state index < -0.39 is 6.29 Å². The summed E-state index contributed by atoms with van der Waals surface area (Å²) in [6.45, 7) is 4.03. The van der Waals surface area contributed by atoms with Crippen LogP contribution in [0.5, 0.6) is 5.75 Å². The quantitative estimate of drug-likeness (QED) is 0.577. The van der Waals surface area contributed by atoms with E-state index in [1.165, 1.54) is 5.56 Å². The number of benzene rings is 3. The SMILES string of the molecule is Cc1cccc(-c2cccc(C(O)Oc3ccc(Br)cc3C)c2)c1. The lowest BCUT2D eigenvalue weighted by atomic mass is 10.0. The first kappa shape index (κ1) is 16.7. The number of hydrogen-bond acceptors (Lipinski definition) is 2. The van der Waals surface area contributed by atoms with Gasteiger partial charge in [0, 0.05) is 10.0 Å². The molecule has 0 saturated heterocycles. The van der Waals surface area contributed by atoms with E-state index in [9.17, 15) is 5.11 Å². The fourth-order valence-corrected chi connectivity index (χ4v) is 3.11. The van der Waals surface area contributed by atoms with Gasteiger partial charge >= 0.3 is 0 Å². The van der Waals surface area contributed by atoms with Crippen molar-refractivity contribution in [2.75, 3.05) is 0 Å². The van der Waals surface area contributed by atoms with Crippen molar-refractivity contribution in [2.45, 2.75) is 20.1 Å². The Balaban J connectivity index is 1.85. The summed E-state index contributed by atoms with van der Waals surface area (Å²) >= 11 is 3.43. The fourth-order valence-electron chi connectivity index (χ4n) is 2.63. The summed E-state index contributed by atoms with van der Waals surface area (Å²) in [5.74, 6) is 0.673. The maximum Gasteiger partial charge on any atom is 0.224 e. The average molecular weight is 383 g/mol. The lowest BCUT2D eigenvalue weighted by molar-refractivity contribution is -0.0199. The molecule has 0 aliphatic heterocycles. The van der Waals surface area contributed by atoms with Gasteiger partial charge in [0.25, 0.3) is 0 Å². The molecule has 3 heteroatoms. The summed E-state index contributed by atoms with van der Waals surface area (Å²) in [5, 5.41) is 10.5. The van der Waals surface area contributed by atoms with Gasteiger partial charge in [-0.3, -0.25) is 0 Å². The van der Waals surface area contributed by atoms with Gasteiger partial charge in [0.15, 0.2) is 0 Å². The Morgan fingerprint density at radius 2 is 1.58 bits per heavy atom. The molecular weight excluding hydrogens is 364 g/mol. The van der Waals surface area contributed by atoms with Gasteiger partial charge in [-0.2, -0.15) is 0 Å². The highest BCUT2D eigenvalue weighted by Crippen LogP contribution is 2.28. The molecule has 1 atom stereocenters. The summed E-state index contributed by atoms with van der Waals surface area (Å²) in [6.07, 6.45) is -1.00. The van der Waals surface area contributed by atoms with Crippen molar-refractivity contribution in [3.8, 4) is 16.9 Å². The second kappa shape index (κ2) is 7.20. The van der Waals surface area contributed by atoms with Crippen molar-refractivity contribution in [1.29, 1.82) is 0 Å². The first-order valence-electron chi connectivity index (χ1n) is 7.81. The lowest BCUT2D eigenvalue weighted by Gasteiger charge is -2.16. The van der Waals surface area contributed by atoms with Crippen molar-refractivity contribution in [1.82, 2.24) is 0 Å². The van der Waals surface area contributed by atoms with Gasteiger partial charge < -0.3 is 9.84 Å². The first-order valence-corrected chi connectivity index (χ1v) is 8.60. The van der Waals surface area contributed by atoms with Crippen LogP contribution >= 0.6 is 15.9 Å². The van der Waals surface area contributed by atoms with Crippen LogP contribution in [0, 0.1) is 13.8 Å². The van der Waals surface area contributed by atoms with E-state index in [-0.39, 0.29) is 0 Å². The van der Waals surface area contributed by atoms with E-state index in [4.69, 9.17) is 4.74 Å². The zero-order valence-electron chi connectivity index (χ0n) is 13.7. The minimum absolute atomic E-state index is 0.673. The van der Waals surface area contributed by atoms with E-state index in [0.717, 1.165) is 26.7 Å². The van der Waals surface area contributed by atoms with Crippen LogP contribution < -0.4 is 4.74 Å². The molecule has 3 aromatic carbocycles. The zero-order valence-corrected chi connectivity index (χ0v) is 15.2. The molecule has 0 saturated carbocycles. The van der Waals surface area contributed by atoms with Crippen LogP contribution in [0.2, 0.25) is 0 Å². The second-order valence-corrected chi connectivity index (χ2v) is 6.79. The molecule has 1 N–H and O–H groups in total. The standard InChI is InChI=1S/C21H19BrO2/c1-14-5-3-6-16(11-14)17-7-4-8-18(13-17)21(23)24-20-10-9-19(22)12-15(20)2/h3-13,21,23H,1-2H3. The molecular formula is C21H19BrO2. The number of halogens is 1. The van der Waals surface area contributed by atoms with Crippen molar-refractivity contribution >= 4 is 15.9 Å². The fraction of sp³-hybridized carbons (Fsp3) is 0.143. The van der Waals surface area contributed by atoms with Gasteiger partial charge in [0.2, 0.25) is 6.29 Å². The van der Waals surface area contributed by atoms with Crippen LogP contribution in [-0.4, -0.2) is 5.11 Å². The predicted molar refractivity (Wildman–Crippen MR) is 101 cm³/mol. The normalized spacial score (nSPS) is 12.0. The van der Waals surface area contributed by atoms with Gasteiger partial charge in [0.05, 0.1) is 0 Å². The van der Waals surface area contributed by atoms with Gasteiger partial charge in [-0.1, -0.05) is 64.0 Å². The first-order chi connectivity index (χ1) is 11.5. The molecule has 0 amide bonds.